The van der Waals surface area contributed by atoms with Crippen LogP contribution in [0.3, 0.4) is 0 Å². The molecule has 5 nitrogen and oxygen atoms in total. The lowest BCUT2D eigenvalue weighted by Crippen LogP contribution is -2.46. The van der Waals surface area contributed by atoms with E-state index in [9.17, 15) is 14.0 Å². The van der Waals surface area contributed by atoms with E-state index in [4.69, 9.17) is 4.42 Å². The van der Waals surface area contributed by atoms with E-state index < -0.39 is 5.41 Å². The highest BCUT2D eigenvalue weighted by Gasteiger charge is 2.29. The van der Waals surface area contributed by atoms with Crippen molar-refractivity contribution < 1.29 is 18.4 Å². The van der Waals surface area contributed by atoms with Gasteiger partial charge in [0.2, 0.25) is 11.8 Å². The highest BCUT2D eigenvalue weighted by molar-refractivity contribution is 5.87. The van der Waals surface area contributed by atoms with Crippen LogP contribution in [0.2, 0.25) is 0 Å². The number of hydrogen-bond acceptors (Lipinski definition) is 3. The molecule has 0 N–H and O–H groups in total. The van der Waals surface area contributed by atoms with Gasteiger partial charge in [-0.1, -0.05) is 39.0 Å². The van der Waals surface area contributed by atoms with Crippen molar-refractivity contribution in [3.63, 3.8) is 0 Å². The highest BCUT2D eigenvalue weighted by Crippen LogP contribution is 2.18. The summed E-state index contributed by atoms with van der Waals surface area (Å²) >= 11 is 0. The zero-order valence-corrected chi connectivity index (χ0v) is 16.7. The van der Waals surface area contributed by atoms with Crippen molar-refractivity contribution >= 4 is 11.8 Å². The van der Waals surface area contributed by atoms with Gasteiger partial charge in [-0.05, 0) is 29.8 Å². The first kappa shape index (κ1) is 21.4. The number of carbonyl (C=O) groups excluding carboxylic acids is 2. The first-order valence-electron chi connectivity index (χ1n) is 9.15. The number of amides is 2. The second kappa shape index (κ2) is 9.35. The maximum absolute atomic E-state index is 13.2. The Kier molecular flexibility index (Phi) is 7.15. The summed E-state index contributed by atoms with van der Waals surface area (Å²) in [6.45, 7) is 9.89. The molecule has 0 aliphatic heterocycles. The average molecular weight is 386 g/mol. The van der Waals surface area contributed by atoms with E-state index in [1.54, 1.807) is 41.5 Å². The molecular weight excluding hydrogens is 359 g/mol. The van der Waals surface area contributed by atoms with Crippen LogP contribution < -0.4 is 0 Å². The summed E-state index contributed by atoms with van der Waals surface area (Å²) in [5.74, 6) is -0.0471. The number of benzene rings is 1. The first-order chi connectivity index (χ1) is 13.2. The summed E-state index contributed by atoms with van der Waals surface area (Å²) in [5.41, 5.74) is 0.185. The molecule has 28 heavy (non-hydrogen) atoms. The standard InChI is InChI=1S/C22H27FN2O3/c1-5-12-24(21(27)22(2,3)4)16-20(26)25(15-19-7-6-13-28-19)14-17-8-10-18(23)11-9-17/h5-11,13H,1,12,14-16H2,2-4H3. The second-order valence-electron chi connectivity index (χ2n) is 7.68. The maximum Gasteiger partial charge on any atom is 0.242 e. The third-order valence-electron chi connectivity index (χ3n) is 4.17. The topological polar surface area (TPSA) is 53.8 Å². The van der Waals surface area contributed by atoms with Gasteiger partial charge >= 0.3 is 0 Å². The molecule has 0 aliphatic carbocycles. The molecule has 6 heteroatoms. The largest absolute Gasteiger partial charge is 0.467 e. The SMILES string of the molecule is C=CCN(CC(=O)N(Cc1ccc(F)cc1)Cc1ccco1)C(=O)C(C)(C)C. The molecule has 0 saturated heterocycles. The van der Waals surface area contributed by atoms with Gasteiger partial charge in [0.15, 0.2) is 0 Å². The Morgan fingerprint density at radius 3 is 2.32 bits per heavy atom. The fraction of sp³-hybridized carbons (Fsp3) is 0.364. The normalized spacial score (nSPS) is 11.1. The average Bonchev–Trinajstić information content (AvgIpc) is 3.14. The van der Waals surface area contributed by atoms with Gasteiger partial charge in [0.05, 0.1) is 12.8 Å². The van der Waals surface area contributed by atoms with E-state index in [1.807, 2.05) is 20.8 Å². The van der Waals surface area contributed by atoms with Crippen molar-refractivity contribution in [1.82, 2.24) is 9.80 Å². The summed E-state index contributed by atoms with van der Waals surface area (Å²) in [7, 11) is 0. The lowest BCUT2D eigenvalue weighted by atomic mass is 9.94. The molecular formula is C22H27FN2O3. The minimum atomic E-state index is -0.605. The van der Waals surface area contributed by atoms with Crippen molar-refractivity contribution in [1.29, 1.82) is 0 Å². The smallest absolute Gasteiger partial charge is 0.242 e. The van der Waals surface area contributed by atoms with Crippen LogP contribution in [0.15, 0.2) is 59.7 Å². The third kappa shape index (κ3) is 6.08. The van der Waals surface area contributed by atoms with E-state index >= 15 is 0 Å². The lowest BCUT2D eigenvalue weighted by Gasteiger charge is -2.30. The van der Waals surface area contributed by atoms with Crippen LogP contribution in [-0.4, -0.2) is 34.7 Å². The Balaban J connectivity index is 2.19. The van der Waals surface area contributed by atoms with Crippen LogP contribution in [0.1, 0.15) is 32.1 Å². The highest BCUT2D eigenvalue weighted by atomic mass is 19.1. The van der Waals surface area contributed by atoms with Crippen LogP contribution in [0.5, 0.6) is 0 Å². The van der Waals surface area contributed by atoms with E-state index in [-0.39, 0.29) is 43.8 Å². The Morgan fingerprint density at radius 2 is 1.79 bits per heavy atom. The van der Waals surface area contributed by atoms with Gasteiger partial charge in [0, 0.05) is 18.5 Å². The van der Waals surface area contributed by atoms with Gasteiger partial charge in [0.25, 0.3) is 0 Å². The molecule has 0 bridgehead atoms. The van der Waals surface area contributed by atoms with E-state index in [1.165, 1.54) is 17.0 Å². The quantitative estimate of drug-likeness (QED) is 0.644. The van der Waals surface area contributed by atoms with Crippen molar-refractivity contribution in [3.05, 3.63) is 72.5 Å². The molecule has 0 unspecified atom stereocenters. The minimum absolute atomic E-state index is 0.0654. The van der Waals surface area contributed by atoms with Crippen molar-refractivity contribution in [2.45, 2.75) is 33.9 Å². The van der Waals surface area contributed by atoms with Crippen LogP contribution in [0, 0.1) is 11.2 Å². The second-order valence-corrected chi connectivity index (χ2v) is 7.68. The lowest BCUT2D eigenvalue weighted by molar-refractivity contribution is -0.145. The Bertz CT molecular complexity index is 792. The molecule has 0 radical (unpaired) electrons. The van der Waals surface area contributed by atoms with Gasteiger partial charge in [-0.3, -0.25) is 9.59 Å². The number of halogens is 1. The summed E-state index contributed by atoms with van der Waals surface area (Å²) in [6.07, 6.45) is 3.15. The summed E-state index contributed by atoms with van der Waals surface area (Å²) in [6, 6.07) is 9.53. The molecule has 0 fully saturated rings. The number of nitrogens with zero attached hydrogens (tertiary/aromatic N) is 2. The Morgan fingerprint density at radius 1 is 1.11 bits per heavy atom. The molecule has 150 valence electrons. The van der Waals surface area contributed by atoms with Gasteiger partial charge in [-0.15, -0.1) is 6.58 Å². The third-order valence-corrected chi connectivity index (χ3v) is 4.17. The number of hydrogen-bond donors (Lipinski definition) is 0. The molecule has 2 amide bonds. The fourth-order valence-electron chi connectivity index (χ4n) is 2.75. The number of furan rings is 1. The molecule has 0 aliphatic rings. The summed E-state index contributed by atoms with van der Waals surface area (Å²) in [4.78, 5) is 28.8. The Labute approximate surface area is 165 Å². The predicted octanol–water partition coefficient (Wildman–Crippen LogP) is 4.01. The van der Waals surface area contributed by atoms with Gasteiger partial charge in [-0.25, -0.2) is 4.39 Å². The molecule has 0 atom stereocenters. The first-order valence-corrected chi connectivity index (χ1v) is 9.15. The molecule has 2 aromatic rings. The van der Waals surface area contributed by atoms with E-state index in [0.717, 1.165) is 5.56 Å². The van der Waals surface area contributed by atoms with Crippen molar-refractivity contribution in [3.8, 4) is 0 Å². The molecule has 0 saturated carbocycles. The molecule has 1 aromatic carbocycles. The van der Waals surface area contributed by atoms with Gasteiger partial charge in [0.1, 0.15) is 18.1 Å². The van der Waals surface area contributed by atoms with Crippen LogP contribution in [0.25, 0.3) is 0 Å². The molecule has 1 heterocycles. The maximum atomic E-state index is 13.2. The molecule has 2 rings (SSSR count). The van der Waals surface area contributed by atoms with E-state index in [2.05, 4.69) is 6.58 Å². The minimum Gasteiger partial charge on any atom is -0.467 e. The van der Waals surface area contributed by atoms with Crippen molar-refractivity contribution in [2.75, 3.05) is 13.1 Å². The zero-order chi connectivity index (χ0) is 20.7. The van der Waals surface area contributed by atoms with Crippen LogP contribution >= 0.6 is 0 Å². The van der Waals surface area contributed by atoms with Gasteiger partial charge in [-0.2, -0.15) is 0 Å². The fourth-order valence-corrected chi connectivity index (χ4v) is 2.75. The predicted molar refractivity (Wildman–Crippen MR) is 106 cm³/mol. The van der Waals surface area contributed by atoms with Crippen LogP contribution in [-0.2, 0) is 22.7 Å². The monoisotopic (exact) mass is 386 g/mol. The van der Waals surface area contributed by atoms with E-state index in [0.29, 0.717) is 5.76 Å². The number of carbonyl (C=O) groups is 2. The zero-order valence-electron chi connectivity index (χ0n) is 16.7. The Hall–Kier alpha value is -2.89. The summed E-state index contributed by atoms with van der Waals surface area (Å²) < 4.78 is 18.6. The van der Waals surface area contributed by atoms with Crippen molar-refractivity contribution in [2.24, 2.45) is 5.41 Å². The summed E-state index contributed by atoms with van der Waals surface area (Å²) in [5, 5.41) is 0. The van der Waals surface area contributed by atoms with Crippen LogP contribution in [0.4, 0.5) is 4.39 Å². The number of rotatable bonds is 8. The van der Waals surface area contributed by atoms with Gasteiger partial charge < -0.3 is 14.2 Å². The molecule has 0 spiro atoms. The molecule has 1 aromatic heterocycles.